The Morgan fingerprint density at radius 2 is 2.00 bits per heavy atom. The SMILES string of the molecule is C/C=C/c1ccc(NC(=O)Cn2cnc(-c3ccnc(C(F)(F)F)c3)c2C)nc1. The predicted octanol–water partition coefficient (Wildman–Crippen LogP) is 4.34. The topological polar surface area (TPSA) is 72.7 Å². The van der Waals surface area contributed by atoms with Gasteiger partial charge in [-0.05, 0) is 43.7 Å². The van der Waals surface area contributed by atoms with Crippen molar-refractivity contribution in [3.63, 3.8) is 0 Å². The second-order valence-electron chi connectivity index (χ2n) is 6.26. The molecule has 0 unspecified atom stereocenters. The average Bonchev–Trinajstić information content (AvgIpc) is 3.03. The maximum absolute atomic E-state index is 12.9. The standard InChI is InChI=1S/C20H18F3N5O/c1-3-4-14-5-6-17(25-10-14)27-18(29)11-28-12-26-19(13(28)2)15-7-8-24-16(9-15)20(21,22)23/h3-10,12H,11H2,1-2H3,(H,25,27,29)/b4-3+. The van der Waals surface area contributed by atoms with E-state index in [4.69, 9.17) is 0 Å². The summed E-state index contributed by atoms with van der Waals surface area (Å²) in [5.41, 5.74) is 1.13. The molecule has 9 heteroatoms. The number of alkyl halides is 3. The normalized spacial score (nSPS) is 11.8. The van der Waals surface area contributed by atoms with Crippen LogP contribution in [-0.2, 0) is 17.5 Å². The summed E-state index contributed by atoms with van der Waals surface area (Å²) < 4.78 is 40.2. The average molecular weight is 401 g/mol. The number of rotatable bonds is 5. The van der Waals surface area contributed by atoms with Gasteiger partial charge in [0.15, 0.2) is 0 Å². The first kappa shape index (κ1) is 20.2. The largest absolute Gasteiger partial charge is 0.433 e. The van der Waals surface area contributed by atoms with Crippen LogP contribution in [0.4, 0.5) is 19.0 Å². The molecule has 0 aromatic carbocycles. The number of imidazole rings is 1. The van der Waals surface area contributed by atoms with E-state index in [0.29, 0.717) is 17.2 Å². The van der Waals surface area contributed by atoms with Gasteiger partial charge in [-0.1, -0.05) is 12.2 Å². The van der Waals surface area contributed by atoms with Crippen LogP contribution >= 0.6 is 0 Å². The van der Waals surface area contributed by atoms with Crippen LogP contribution in [-0.4, -0.2) is 25.4 Å². The Morgan fingerprint density at radius 1 is 1.21 bits per heavy atom. The molecule has 150 valence electrons. The molecule has 0 aliphatic heterocycles. The Morgan fingerprint density at radius 3 is 2.66 bits per heavy atom. The van der Waals surface area contributed by atoms with E-state index in [0.717, 1.165) is 17.8 Å². The Labute approximate surface area is 165 Å². The molecule has 0 bridgehead atoms. The first-order chi connectivity index (χ1) is 13.8. The number of pyridine rings is 2. The molecule has 1 N–H and O–H groups in total. The third kappa shape index (κ3) is 4.87. The lowest BCUT2D eigenvalue weighted by Crippen LogP contribution is -2.19. The first-order valence-electron chi connectivity index (χ1n) is 8.72. The van der Waals surface area contributed by atoms with Gasteiger partial charge < -0.3 is 9.88 Å². The van der Waals surface area contributed by atoms with Crippen molar-refractivity contribution >= 4 is 17.8 Å². The van der Waals surface area contributed by atoms with Crippen molar-refractivity contribution in [3.8, 4) is 11.3 Å². The van der Waals surface area contributed by atoms with E-state index in [1.165, 1.54) is 12.4 Å². The minimum atomic E-state index is -4.54. The molecule has 0 spiro atoms. The molecule has 3 aromatic heterocycles. The quantitative estimate of drug-likeness (QED) is 0.690. The first-order valence-corrected chi connectivity index (χ1v) is 8.72. The smallest absolute Gasteiger partial charge is 0.325 e. The van der Waals surface area contributed by atoms with Crippen LogP contribution in [0.25, 0.3) is 17.3 Å². The Hall–Kier alpha value is -3.49. The van der Waals surface area contributed by atoms with E-state index in [9.17, 15) is 18.0 Å². The second-order valence-corrected chi connectivity index (χ2v) is 6.26. The Balaban J connectivity index is 1.73. The van der Waals surface area contributed by atoms with Crippen LogP contribution in [0, 0.1) is 6.92 Å². The van der Waals surface area contributed by atoms with Crippen molar-refractivity contribution in [2.45, 2.75) is 26.6 Å². The van der Waals surface area contributed by atoms with Gasteiger partial charge in [0.25, 0.3) is 0 Å². The summed E-state index contributed by atoms with van der Waals surface area (Å²) in [5.74, 6) is 0.0826. The molecule has 0 fully saturated rings. The molecule has 0 aliphatic carbocycles. The Kier molecular flexibility index (Phi) is 5.76. The van der Waals surface area contributed by atoms with E-state index in [1.807, 2.05) is 25.1 Å². The highest BCUT2D eigenvalue weighted by molar-refractivity contribution is 5.89. The van der Waals surface area contributed by atoms with Crippen LogP contribution < -0.4 is 5.32 Å². The molecular weight excluding hydrogens is 383 g/mol. The fourth-order valence-electron chi connectivity index (χ4n) is 2.73. The summed E-state index contributed by atoms with van der Waals surface area (Å²) in [6.07, 6.45) is 3.38. The van der Waals surface area contributed by atoms with Crippen LogP contribution in [0.5, 0.6) is 0 Å². The second kappa shape index (κ2) is 8.26. The number of allylic oxidation sites excluding steroid dienone is 1. The highest BCUT2D eigenvalue weighted by Crippen LogP contribution is 2.30. The van der Waals surface area contributed by atoms with Crippen molar-refractivity contribution in [1.82, 2.24) is 19.5 Å². The molecule has 0 aliphatic rings. The predicted molar refractivity (Wildman–Crippen MR) is 103 cm³/mol. The van der Waals surface area contributed by atoms with E-state index >= 15 is 0 Å². The van der Waals surface area contributed by atoms with E-state index in [2.05, 4.69) is 20.3 Å². The summed E-state index contributed by atoms with van der Waals surface area (Å²) in [7, 11) is 0. The number of nitrogens with one attached hydrogen (secondary N) is 1. The number of hydrogen-bond acceptors (Lipinski definition) is 4. The number of carbonyl (C=O) groups is 1. The molecule has 6 nitrogen and oxygen atoms in total. The number of nitrogens with zero attached hydrogens (tertiary/aromatic N) is 4. The molecule has 1 amide bonds. The Bertz CT molecular complexity index is 1040. The summed E-state index contributed by atoms with van der Waals surface area (Å²) in [4.78, 5) is 24.0. The van der Waals surface area contributed by atoms with Gasteiger partial charge in [-0.15, -0.1) is 0 Å². The maximum Gasteiger partial charge on any atom is 0.433 e. The zero-order valence-electron chi connectivity index (χ0n) is 15.7. The third-order valence-electron chi connectivity index (χ3n) is 4.15. The summed E-state index contributed by atoms with van der Waals surface area (Å²) in [6.45, 7) is 3.54. The van der Waals surface area contributed by atoms with E-state index in [1.54, 1.807) is 23.8 Å². The van der Waals surface area contributed by atoms with Crippen molar-refractivity contribution in [1.29, 1.82) is 0 Å². The van der Waals surface area contributed by atoms with Crippen LogP contribution in [0.2, 0.25) is 0 Å². The van der Waals surface area contributed by atoms with Crippen LogP contribution in [0.3, 0.4) is 0 Å². The van der Waals surface area contributed by atoms with Gasteiger partial charge in [0, 0.05) is 23.7 Å². The number of hydrogen-bond donors (Lipinski definition) is 1. The van der Waals surface area contributed by atoms with Crippen molar-refractivity contribution < 1.29 is 18.0 Å². The van der Waals surface area contributed by atoms with Crippen molar-refractivity contribution in [2.75, 3.05) is 5.32 Å². The zero-order chi connectivity index (χ0) is 21.0. The van der Waals surface area contributed by atoms with Gasteiger partial charge in [-0.3, -0.25) is 9.78 Å². The lowest BCUT2D eigenvalue weighted by atomic mass is 10.1. The summed E-state index contributed by atoms with van der Waals surface area (Å²) in [5, 5.41) is 2.68. The van der Waals surface area contributed by atoms with Gasteiger partial charge in [0.05, 0.1) is 12.0 Å². The third-order valence-corrected chi connectivity index (χ3v) is 4.15. The molecule has 0 radical (unpaired) electrons. The minimum Gasteiger partial charge on any atom is -0.325 e. The van der Waals surface area contributed by atoms with Crippen LogP contribution in [0.15, 0.2) is 49.1 Å². The fourth-order valence-corrected chi connectivity index (χ4v) is 2.73. The van der Waals surface area contributed by atoms with Gasteiger partial charge in [-0.2, -0.15) is 13.2 Å². The molecular formula is C20H18F3N5O. The lowest BCUT2D eigenvalue weighted by molar-refractivity contribution is -0.141. The molecule has 0 saturated heterocycles. The van der Waals surface area contributed by atoms with Gasteiger partial charge in [0.1, 0.15) is 18.1 Å². The van der Waals surface area contributed by atoms with Gasteiger partial charge >= 0.3 is 6.18 Å². The highest BCUT2D eigenvalue weighted by atomic mass is 19.4. The number of anilines is 1. The fraction of sp³-hybridized carbons (Fsp3) is 0.200. The van der Waals surface area contributed by atoms with Crippen LogP contribution in [0.1, 0.15) is 23.9 Å². The number of halogens is 3. The number of aromatic nitrogens is 4. The van der Waals surface area contributed by atoms with Crippen molar-refractivity contribution in [3.05, 3.63) is 66.0 Å². The monoisotopic (exact) mass is 401 g/mol. The zero-order valence-corrected chi connectivity index (χ0v) is 15.7. The summed E-state index contributed by atoms with van der Waals surface area (Å²) in [6, 6.07) is 5.90. The highest BCUT2D eigenvalue weighted by Gasteiger charge is 2.32. The molecule has 3 heterocycles. The van der Waals surface area contributed by atoms with Gasteiger partial charge in [0.2, 0.25) is 5.91 Å². The molecule has 3 rings (SSSR count). The lowest BCUT2D eigenvalue weighted by Gasteiger charge is -2.09. The minimum absolute atomic E-state index is 0.0473. The van der Waals surface area contributed by atoms with Gasteiger partial charge in [-0.25, -0.2) is 9.97 Å². The molecule has 29 heavy (non-hydrogen) atoms. The number of carbonyl (C=O) groups excluding carboxylic acids is 1. The number of amides is 1. The van der Waals surface area contributed by atoms with E-state index in [-0.39, 0.29) is 18.0 Å². The molecule has 0 atom stereocenters. The molecule has 3 aromatic rings. The molecule has 0 saturated carbocycles. The van der Waals surface area contributed by atoms with E-state index < -0.39 is 11.9 Å². The van der Waals surface area contributed by atoms with Crippen molar-refractivity contribution in [2.24, 2.45) is 0 Å². The summed E-state index contributed by atoms with van der Waals surface area (Å²) >= 11 is 0. The maximum atomic E-state index is 12.9.